The van der Waals surface area contributed by atoms with Gasteiger partial charge < -0.3 is 14.7 Å². The van der Waals surface area contributed by atoms with E-state index in [1.165, 1.54) is 13.8 Å². The van der Waals surface area contributed by atoms with E-state index in [9.17, 15) is 9.90 Å². The fourth-order valence-corrected chi connectivity index (χ4v) is 1.96. The van der Waals surface area contributed by atoms with Crippen LogP contribution in [0.4, 0.5) is 0 Å². The number of aliphatic hydroxyl groups is 1. The summed E-state index contributed by atoms with van der Waals surface area (Å²) in [5.74, 6) is 0.599. The van der Waals surface area contributed by atoms with Gasteiger partial charge in [0.05, 0.1) is 7.11 Å². The maximum absolute atomic E-state index is 11.8. The summed E-state index contributed by atoms with van der Waals surface area (Å²) in [4.78, 5) is 13.4. The number of ether oxygens (including phenoxy) is 1. The zero-order valence-corrected chi connectivity index (χ0v) is 12.4. The number of carbonyl (C=O) groups excluding carboxylic acids is 1. The van der Waals surface area contributed by atoms with Crippen molar-refractivity contribution >= 4 is 5.91 Å². The van der Waals surface area contributed by atoms with Gasteiger partial charge in [-0.15, -0.1) is 0 Å². The molecule has 106 valence electrons. The predicted molar refractivity (Wildman–Crippen MR) is 75.4 cm³/mol. The Morgan fingerprint density at radius 1 is 1.42 bits per heavy atom. The van der Waals surface area contributed by atoms with Gasteiger partial charge in [-0.2, -0.15) is 0 Å². The number of hydrogen-bond donors (Lipinski definition) is 1. The molecule has 0 bridgehead atoms. The van der Waals surface area contributed by atoms with Crippen molar-refractivity contribution in [3.8, 4) is 5.75 Å². The number of carbonyl (C=O) groups is 1. The Morgan fingerprint density at radius 2 is 2.05 bits per heavy atom. The number of hydrogen-bond acceptors (Lipinski definition) is 3. The van der Waals surface area contributed by atoms with Gasteiger partial charge in [0, 0.05) is 13.6 Å². The summed E-state index contributed by atoms with van der Waals surface area (Å²) < 4.78 is 5.21. The second-order valence-corrected chi connectivity index (χ2v) is 5.34. The number of methoxy groups -OCH3 is 1. The van der Waals surface area contributed by atoms with Crippen molar-refractivity contribution in [3.63, 3.8) is 0 Å². The van der Waals surface area contributed by atoms with E-state index in [1.54, 1.807) is 19.1 Å². The molecule has 0 atom stereocenters. The molecule has 0 spiro atoms. The molecule has 4 nitrogen and oxygen atoms in total. The van der Waals surface area contributed by atoms with Crippen molar-refractivity contribution in [2.24, 2.45) is 0 Å². The van der Waals surface area contributed by atoms with Gasteiger partial charge >= 0.3 is 0 Å². The maximum Gasteiger partial charge on any atom is 0.253 e. The van der Waals surface area contributed by atoms with Crippen molar-refractivity contribution < 1.29 is 14.6 Å². The van der Waals surface area contributed by atoms with Crippen LogP contribution in [0, 0.1) is 6.92 Å². The highest BCUT2D eigenvalue weighted by molar-refractivity contribution is 5.83. The Morgan fingerprint density at radius 3 is 2.53 bits per heavy atom. The standard InChI is InChI=1S/C15H23NO3/c1-11-10-12(6-7-13(11)19-5)8-9-16(4)14(17)15(2,3)18/h6-7,10,18H,8-9H2,1-5H3. The van der Waals surface area contributed by atoms with Crippen LogP contribution in [0.2, 0.25) is 0 Å². The third kappa shape index (κ3) is 4.24. The van der Waals surface area contributed by atoms with Crippen molar-refractivity contribution in [1.29, 1.82) is 0 Å². The number of likely N-dealkylation sites (N-methyl/N-ethyl adjacent to an activating group) is 1. The average Bonchev–Trinajstić information content (AvgIpc) is 2.34. The molecule has 0 saturated heterocycles. The highest BCUT2D eigenvalue weighted by atomic mass is 16.5. The number of rotatable bonds is 5. The van der Waals surface area contributed by atoms with E-state index in [4.69, 9.17) is 4.74 Å². The molecule has 0 aliphatic heterocycles. The fraction of sp³-hybridized carbons (Fsp3) is 0.533. The summed E-state index contributed by atoms with van der Waals surface area (Å²) in [6.45, 7) is 5.58. The first-order chi connectivity index (χ1) is 8.75. The van der Waals surface area contributed by atoms with Crippen molar-refractivity contribution in [3.05, 3.63) is 29.3 Å². The summed E-state index contributed by atoms with van der Waals surface area (Å²) >= 11 is 0. The highest BCUT2D eigenvalue weighted by Gasteiger charge is 2.26. The van der Waals surface area contributed by atoms with Gasteiger partial charge in [-0.05, 0) is 44.4 Å². The van der Waals surface area contributed by atoms with E-state index in [2.05, 4.69) is 6.07 Å². The van der Waals surface area contributed by atoms with Crippen LogP contribution >= 0.6 is 0 Å². The molecule has 0 aliphatic carbocycles. The summed E-state index contributed by atoms with van der Waals surface area (Å²) in [6, 6.07) is 5.98. The Balaban J connectivity index is 2.62. The van der Waals surface area contributed by atoms with E-state index in [1.807, 2.05) is 19.1 Å². The van der Waals surface area contributed by atoms with Crippen molar-refractivity contribution in [1.82, 2.24) is 4.90 Å². The molecule has 4 heteroatoms. The Hall–Kier alpha value is -1.55. The minimum atomic E-state index is -1.31. The molecule has 1 amide bonds. The lowest BCUT2D eigenvalue weighted by atomic mass is 10.1. The first-order valence-electron chi connectivity index (χ1n) is 6.37. The largest absolute Gasteiger partial charge is 0.496 e. The average molecular weight is 265 g/mol. The lowest BCUT2D eigenvalue weighted by Crippen LogP contribution is -2.43. The van der Waals surface area contributed by atoms with Crippen LogP contribution in [-0.2, 0) is 11.2 Å². The van der Waals surface area contributed by atoms with Crippen LogP contribution in [-0.4, -0.2) is 42.2 Å². The molecule has 0 saturated carbocycles. The molecule has 1 N–H and O–H groups in total. The smallest absolute Gasteiger partial charge is 0.253 e. The van der Waals surface area contributed by atoms with E-state index in [0.717, 1.165) is 23.3 Å². The molecule has 0 aromatic heterocycles. The van der Waals surface area contributed by atoms with Gasteiger partial charge in [0.1, 0.15) is 11.4 Å². The first kappa shape index (κ1) is 15.5. The molecule has 1 aromatic rings. The Bertz CT molecular complexity index is 449. The second-order valence-electron chi connectivity index (χ2n) is 5.34. The SMILES string of the molecule is COc1ccc(CCN(C)C(=O)C(C)(C)O)cc1C. The Kier molecular flexibility index (Phi) is 4.95. The van der Waals surface area contributed by atoms with E-state index in [-0.39, 0.29) is 5.91 Å². The molecular weight excluding hydrogens is 242 g/mol. The van der Waals surface area contributed by atoms with Gasteiger partial charge in [0.15, 0.2) is 0 Å². The van der Waals surface area contributed by atoms with Gasteiger partial charge in [-0.3, -0.25) is 4.79 Å². The normalized spacial score (nSPS) is 11.3. The van der Waals surface area contributed by atoms with Crippen molar-refractivity contribution in [2.45, 2.75) is 32.8 Å². The van der Waals surface area contributed by atoms with Crippen LogP contribution in [0.5, 0.6) is 5.75 Å². The van der Waals surface area contributed by atoms with Crippen LogP contribution in [0.1, 0.15) is 25.0 Å². The molecule has 0 fully saturated rings. The lowest BCUT2D eigenvalue weighted by Gasteiger charge is -2.25. The molecule has 0 radical (unpaired) electrons. The number of benzene rings is 1. The van der Waals surface area contributed by atoms with Crippen LogP contribution < -0.4 is 4.74 Å². The first-order valence-corrected chi connectivity index (χ1v) is 6.37. The highest BCUT2D eigenvalue weighted by Crippen LogP contribution is 2.19. The van der Waals surface area contributed by atoms with Gasteiger partial charge in [-0.1, -0.05) is 12.1 Å². The Labute approximate surface area is 115 Å². The molecule has 1 rings (SSSR count). The topological polar surface area (TPSA) is 49.8 Å². The quantitative estimate of drug-likeness (QED) is 0.883. The van der Waals surface area contributed by atoms with E-state index in [0.29, 0.717) is 6.54 Å². The molecule has 1 aromatic carbocycles. The molecule has 0 unspecified atom stereocenters. The summed E-state index contributed by atoms with van der Waals surface area (Å²) in [5, 5.41) is 9.66. The fourth-order valence-electron chi connectivity index (χ4n) is 1.96. The van der Waals surface area contributed by atoms with Gasteiger partial charge in [0.2, 0.25) is 0 Å². The number of amides is 1. The predicted octanol–water partition coefficient (Wildman–Crippen LogP) is 1.78. The minimum Gasteiger partial charge on any atom is -0.496 e. The summed E-state index contributed by atoms with van der Waals surface area (Å²) in [7, 11) is 3.36. The zero-order chi connectivity index (χ0) is 14.6. The maximum atomic E-state index is 11.8. The zero-order valence-electron chi connectivity index (χ0n) is 12.4. The summed E-state index contributed by atoms with van der Waals surface area (Å²) in [6.07, 6.45) is 0.753. The summed E-state index contributed by atoms with van der Waals surface area (Å²) in [5.41, 5.74) is 0.912. The van der Waals surface area contributed by atoms with E-state index < -0.39 is 5.60 Å². The second kappa shape index (κ2) is 6.06. The van der Waals surface area contributed by atoms with Crippen molar-refractivity contribution in [2.75, 3.05) is 20.7 Å². The monoisotopic (exact) mass is 265 g/mol. The van der Waals surface area contributed by atoms with Gasteiger partial charge in [-0.25, -0.2) is 0 Å². The van der Waals surface area contributed by atoms with Crippen LogP contribution in [0.3, 0.4) is 0 Å². The molecule has 0 aliphatic rings. The number of nitrogens with zero attached hydrogens (tertiary/aromatic N) is 1. The molecule has 0 heterocycles. The van der Waals surface area contributed by atoms with Gasteiger partial charge in [0.25, 0.3) is 5.91 Å². The number of aryl methyl sites for hydroxylation is 1. The third-order valence-electron chi connectivity index (χ3n) is 3.07. The minimum absolute atomic E-state index is 0.266. The van der Waals surface area contributed by atoms with Crippen LogP contribution in [0.15, 0.2) is 18.2 Å². The molecular formula is C15H23NO3. The third-order valence-corrected chi connectivity index (χ3v) is 3.07. The van der Waals surface area contributed by atoms with E-state index >= 15 is 0 Å². The lowest BCUT2D eigenvalue weighted by molar-refractivity contribution is -0.146. The molecule has 19 heavy (non-hydrogen) atoms. The van der Waals surface area contributed by atoms with Crippen LogP contribution in [0.25, 0.3) is 0 Å².